The smallest absolute Gasteiger partial charge is 0.125 e. The molecule has 0 radical (unpaired) electrons. The Kier molecular flexibility index (Phi) is 5.53. The zero-order valence-electron chi connectivity index (χ0n) is 14.5. The maximum absolute atomic E-state index is 10.7. The number of ether oxygens (including phenoxy) is 1. The van der Waals surface area contributed by atoms with Crippen LogP contribution < -0.4 is 10.1 Å². The van der Waals surface area contributed by atoms with Crippen molar-refractivity contribution >= 4 is 0 Å². The van der Waals surface area contributed by atoms with E-state index in [2.05, 4.69) is 22.4 Å². The number of nitrogens with one attached hydrogen (secondary N) is 2. The van der Waals surface area contributed by atoms with Crippen LogP contribution in [0, 0.1) is 19.8 Å². The van der Waals surface area contributed by atoms with E-state index in [0.717, 1.165) is 43.8 Å². The molecule has 1 heterocycles. The Morgan fingerprint density at radius 2 is 2.04 bits per heavy atom. The van der Waals surface area contributed by atoms with Crippen molar-refractivity contribution in [2.45, 2.75) is 51.9 Å². The zero-order chi connectivity index (χ0) is 16.9. The van der Waals surface area contributed by atoms with Gasteiger partial charge in [0, 0.05) is 30.3 Å². The second-order valence-corrected chi connectivity index (χ2v) is 6.80. The minimum Gasteiger partial charge on any atom is -0.488 e. The van der Waals surface area contributed by atoms with Crippen molar-refractivity contribution < 1.29 is 9.84 Å². The van der Waals surface area contributed by atoms with Gasteiger partial charge in [0.05, 0.1) is 12.3 Å². The van der Waals surface area contributed by atoms with Gasteiger partial charge in [-0.1, -0.05) is 17.7 Å². The first-order valence-electron chi connectivity index (χ1n) is 8.74. The third-order valence-electron chi connectivity index (χ3n) is 4.89. The van der Waals surface area contributed by atoms with Crippen molar-refractivity contribution in [2.24, 2.45) is 5.92 Å². The van der Waals surface area contributed by atoms with E-state index in [0.29, 0.717) is 0 Å². The first-order valence-corrected chi connectivity index (χ1v) is 8.74. The minimum atomic E-state index is -0.432. The Bertz CT molecular complexity index is 638. The highest BCUT2D eigenvalue weighted by Gasteiger charge is 2.33. The molecule has 1 aromatic heterocycles. The van der Waals surface area contributed by atoms with Gasteiger partial charge in [-0.15, -0.1) is 0 Å². The van der Waals surface area contributed by atoms with Gasteiger partial charge in [-0.2, -0.15) is 5.10 Å². The summed E-state index contributed by atoms with van der Waals surface area (Å²) in [6, 6.07) is 8.03. The van der Waals surface area contributed by atoms with Gasteiger partial charge in [0.15, 0.2) is 0 Å². The lowest BCUT2D eigenvalue weighted by molar-refractivity contribution is -0.0306. The van der Waals surface area contributed by atoms with Crippen LogP contribution in [0.1, 0.15) is 36.1 Å². The maximum atomic E-state index is 10.7. The van der Waals surface area contributed by atoms with Crippen molar-refractivity contribution in [1.29, 1.82) is 0 Å². The molecule has 1 fully saturated rings. The van der Waals surface area contributed by atoms with Gasteiger partial charge < -0.3 is 15.2 Å². The number of H-pyrrole nitrogens is 1. The summed E-state index contributed by atoms with van der Waals surface area (Å²) in [7, 11) is 0. The normalized spacial score (nSPS) is 24.0. The van der Waals surface area contributed by atoms with Crippen LogP contribution in [0.4, 0.5) is 0 Å². The third-order valence-corrected chi connectivity index (χ3v) is 4.89. The molecule has 3 rings (SSSR count). The van der Waals surface area contributed by atoms with Crippen LogP contribution in [0.25, 0.3) is 0 Å². The van der Waals surface area contributed by atoms with Crippen LogP contribution in [0.3, 0.4) is 0 Å². The zero-order valence-corrected chi connectivity index (χ0v) is 14.5. The molecule has 0 unspecified atom stereocenters. The van der Waals surface area contributed by atoms with Crippen LogP contribution in [-0.4, -0.2) is 34.1 Å². The largest absolute Gasteiger partial charge is 0.488 e. The Hall–Kier alpha value is -1.85. The van der Waals surface area contributed by atoms with Crippen molar-refractivity contribution in [2.75, 3.05) is 6.54 Å². The van der Waals surface area contributed by atoms with Crippen LogP contribution in [0.15, 0.2) is 30.5 Å². The summed E-state index contributed by atoms with van der Waals surface area (Å²) < 4.78 is 6.03. The number of nitrogens with zero attached hydrogens (tertiary/aromatic N) is 1. The van der Waals surface area contributed by atoms with E-state index in [1.165, 1.54) is 11.1 Å². The molecule has 0 amide bonds. The molecule has 1 aliphatic carbocycles. The van der Waals surface area contributed by atoms with Crippen molar-refractivity contribution in [3.05, 3.63) is 47.3 Å². The molecule has 2 aromatic rings. The monoisotopic (exact) mass is 329 g/mol. The summed E-state index contributed by atoms with van der Waals surface area (Å²) in [6.45, 7) is 5.64. The number of hydrogen-bond acceptors (Lipinski definition) is 4. The summed E-state index contributed by atoms with van der Waals surface area (Å²) in [6.07, 6.45) is 4.33. The molecule has 3 N–H and O–H groups in total. The molecular formula is C19H27N3O2. The Balaban J connectivity index is 1.51. The van der Waals surface area contributed by atoms with Crippen LogP contribution >= 0.6 is 0 Å². The van der Waals surface area contributed by atoms with E-state index in [-0.39, 0.29) is 12.0 Å². The summed E-state index contributed by atoms with van der Waals surface area (Å²) in [4.78, 5) is 0. The van der Waals surface area contributed by atoms with Gasteiger partial charge in [-0.25, -0.2) is 0 Å². The highest BCUT2D eigenvalue weighted by atomic mass is 16.5. The number of aromatic nitrogens is 2. The molecule has 1 aliphatic rings. The summed E-state index contributed by atoms with van der Waals surface area (Å²) >= 11 is 0. The van der Waals surface area contributed by atoms with E-state index in [1.54, 1.807) is 0 Å². The number of rotatable bonds is 6. The van der Waals surface area contributed by atoms with Gasteiger partial charge in [0.1, 0.15) is 11.9 Å². The molecule has 1 saturated carbocycles. The lowest BCUT2D eigenvalue weighted by atomic mass is 9.84. The van der Waals surface area contributed by atoms with Gasteiger partial charge in [0.2, 0.25) is 0 Å². The molecule has 0 bridgehead atoms. The van der Waals surface area contributed by atoms with Crippen LogP contribution in [0.5, 0.6) is 5.75 Å². The number of aryl methyl sites for hydroxylation is 2. The lowest BCUT2D eigenvalue weighted by Crippen LogP contribution is -2.44. The number of hydrogen-bond donors (Lipinski definition) is 3. The van der Waals surface area contributed by atoms with E-state index in [4.69, 9.17) is 4.74 Å². The Labute approximate surface area is 143 Å². The lowest BCUT2D eigenvalue weighted by Gasteiger charge is -2.35. The fraction of sp³-hybridized carbons (Fsp3) is 0.526. The SMILES string of the molecule is Cc1ccc(O[C@@H]2CCC[C@H](CNCc3cn[nH]c3C)[C@H]2O)cc1. The summed E-state index contributed by atoms with van der Waals surface area (Å²) in [5.41, 5.74) is 3.48. The van der Waals surface area contributed by atoms with E-state index >= 15 is 0 Å². The number of aliphatic hydroxyl groups excluding tert-OH is 1. The van der Waals surface area contributed by atoms with E-state index < -0.39 is 6.10 Å². The number of benzene rings is 1. The third kappa shape index (κ3) is 4.16. The van der Waals surface area contributed by atoms with Crippen molar-refractivity contribution in [3.8, 4) is 5.75 Å². The fourth-order valence-electron chi connectivity index (χ4n) is 3.32. The molecule has 1 aromatic carbocycles. The van der Waals surface area contributed by atoms with E-state index in [1.807, 2.05) is 37.4 Å². The van der Waals surface area contributed by atoms with Gasteiger partial charge >= 0.3 is 0 Å². The fourth-order valence-corrected chi connectivity index (χ4v) is 3.32. The first-order chi connectivity index (χ1) is 11.6. The molecule has 130 valence electrons. The quantitative estimate of drug-likeness (QED) is 0.762. The molecule has 0 aliphatic heterocycles. The van der Waals surface area contributed by atoms with Crippen LogP contribution in [0.2, 0.25) is 0 Å². The molecule has 3 atom stereocenters. The highest BCUT2D eigenvalue weighted by molar-refractivity contribution is 5.26. The minimum absolute atomic E-state index is 0.121. The summed E-state index contributed by atoms with van der Waals surface area (Å²) in [5, 5.41) is 21.1. The standard InChI is InChI=1S/C19H27N3O2/c1-13-6-8-17(9-7-13)24-18-5-3-4-15(19(18)23)10-20-11-16-12-21-22-14(16)2/h6-9,12,15,18-20,23H,3-5,10-11H2,1-2H3,(H,21,22)/t15-,18-,19-/m1/s1. The molecule has 0 spiro atoms. The Morgan fingerprint density at radius 3 is 2.75 bits per heavy atom. The van der Waals surface area contributed by atoms with Crippen molar-refractivity contribution in [3.63, 3.8) is 0 Å². The average molecular weight is 329 g/mol. The predicted octanol–water partition coefficient (Wildman–Crippen LogP) is 2.72. The first kappa shape index (κ1) is 17.0. The highest BCUT2D eigenvalue weighted by Crippen LogP contribution is 2.28. The molecule has 5 heteroatoms. The predicted molar refractivity (Wildman–Crippen MR) is 94.0 cm³/mol. The van der Waals surface area contributed by atoms with Crippen molar-refractivity contribution in [1.82, 2.24) is 15.5 Å². The van der Waals surface area contributed by atoms with Gasteiger partial charge in [-0.05, 0) is 45.2 Å². The molecule has 0 saturated heterocycles. The molecule has 5 nitrogen and oxygen atoms in total. The Morgan fingerprint density at radius 1 is 1.25 bits per heavy atom. The second-order valence-electron chi connectivity index (χ2n) is 6.80. The average Bonchev–Trinajstić information content (AvgIpc) is 2.98. The number of aromatic amines is 1. The van der Waals surface area contributed by atoms with Gasteiger partial charge in [0.25, 0.3) is 0 Å². The molecular weight excluding hydrogens is 302 g/mol. The maximum Gasteiger partial charge on any atom is 0.125 e. The van der Waals surface area contributed by atoms with E-state index in [9.17, 15) is 5.11 Å². The molecule has 24 heavy (non-hydrogen) atoms. The second kappa shape index (κ2) is 7.81. The number of aliphatic hydroxyl groups is 1. The summed E-state index contributed by atoms with van der Waals surface area (Å²) in [5.74, 6) is 1.06. The topological polar surface area (TPSA) is 70.2 Å². The van der Waals surface area contributed by atoms with Gasteiger partial charge in [-0.3, -0.25) is 5.10 Å². The van der Waals surface area contributed by atoms with Crippen LogP contribution in [-0.2, 0) is 6.54 Å².